The molecule has 1 N–H and O–H groups in total. The number of benzene rings is 1. The Labute approximate surface area is 143 Å². The lowest BCUT2D eigenvalue weighted by Gasteiger charge is -2.16. The number of nitrogens with one attached hydrogen (secondary N) is 1. The maximum atomic E-state index is 12.6. The first-order chi connectivity index (χ1) is 11.6. The van der Waals surface area contributed by atoms with Crippen molar-refractivity contribution in [3.63, 3.8) is 0 Å². The Hall–Kier alpha value is -1.73. The Morgan fingerprint density at radius 2 is 1.75 bits per heavy atom. The van der Waals surface area contributed by atoms with E-state index in [4.69, 9.17) is 0 Å². The van der Waals surface area contributed by atoms with Gasteiger partial charge in [0.05, 0.1) is 4.90 Å². The molecule has 0 spiro atoms. The molecule has 1 amide bonds. The average molecular weight is 349 g/mol. The fourth-order valence-electron chi connectivity index (χ4n) is 3.14. The van der Waals surface area contributed by atoms with Crippen LogP contribution in [-0.4, -0.2) is 37.4 Å². The summed E-state index contributed by atoms with van der Waals surface area (Å²) in [6, 6.07) is 6.19. The molecule has 6 nitrogen and oxygen atoms in total. The highest BCUT2D eigenvalue weighted by Crippen LogP contribution is 2.21. The lowest BCUT2D eigenvalue weighted by atomic mass is 9.99. The third-order valence-electron chi connectivity index (χ3n) is 4.55. The normalized spacial score (nSPS) is 19.2. The van der Waals surface area contributed by atoms with Crippen molar-refractivity contribution in [1.29, 1.82) is 0 Å². The van der Waals surface area contributed by atoms with Gasteiger partial charge in [0.25, 0.3) is 5.91 Å². The second-order valence-corrected chi connectivity index (χ2v) is 8.26. The second-order valence-electron chi connectivity index (χ2n) is 6.32. The van der Waals surface area contributed by atoms with Gasteiger partial charge in [0, 0.05) is 24.4 Å². The van der Waals surface area contributed by atoms with E-state index < -0.39 is 10.0 Å². The van der Waals surface area contributed by atoms with Gasteiger partial charge in [-0.15, -0.1) is 0 Å². The summed E-state index contributed by atoms with van der Waals surface area (Å²) in [6.07, 6.45) is 7.04. The minimum atomic E-state index is -3.51. The highest BCUT2D eigenvalue weighted by atomic mass is 32.2. The average Bonchev–Trinajstić information content (AvgIpc) is 3.16. The lowest BCUT2D eigenvalue weighted by Crippen LogP contribution is -2.28. The molecule has 7 heteroatoms. The van der Waals surface area contributed by atoms with Crippen LogP contribution in [0.3, 0.4) is 0 Å². The van der Waals surface area contributed by atoms with Crippen LogP contribution < -0.4 is 5.43 Å². The molecule has 24 heavy (non-hydrogen) atoms. The zero-order valence-corrected chi connectivity index (χ0v) is 14.5. The summed E-state index contributed by atoms with van der Waals surface area (Å²) in [6.45, 7) is 1.10. The number of sulfonamides is 1. The highest BCUT2D eigenvalue weighted by Gasteiger charge is 2.27. The molecule has 3 rings (SSSR count). The summed E-state index contributed by atoms with van der Waals surface area (Å²) in [4.78, 5) is 12.4. The molecule has 0 bridgehead atoms. The van der Waals surface area contributed by atoms with E-state index in [0.29, 0.717) is 18.7 Å². The molecule has 1 heterocycles. The Morgan fingerprint density at radius 3 is 2.46 bits per heavy atom. The summed E-state index contributed by atoms with van der Waals surface area (Å²) in [7, 11) is -3.51. The summed E-state index contributed by atoms with van der Waals surface area (Å²) in [5, 5.41) is 4.19. The van der Waals surface area contributed by atoms with Gasteiger partial charge in [0.2, 0.25) is 10.0 Å². The number of carbonyl (C=O) groups excluding carboxylic acids is 1. The third-order valence-corrected chi connectivity index (χ3v) is 6.44. The number of amides is 1. The molecular weight excluding hydrogens is 326 g/mol. The van der Waals surface area contributed by atoms with Gasteiger partial charge in [-0.05, 0) is 56.7 Å². The summed E-state index contributed by atoms with van der Waals surface area (Å²) in [5.74, 6) is -0.369. The Bertz CT molecular complexity index is 729. The van der Waals surface area contributed by atoms with Gasteiger partial charge >= 0.3 is 0 Å². The Kier molecular flexibility index (Phi) is 5.30. The van der Waals surface area contributed by atoms with Crippen LogP contribution in [0.4, 0.5) is 0 Å². The fourth-order valence-corrected chi connectivity index (χ4v) is 4.70. The van der Waals surface area contributed by atoms with Gasteiger partial charge in [0.15, 0.2) is 0 Å². The van der Waals surface area contributed by atoms with Gasteiger partial charge in [0.1, 0.15) is 0 Å². The quantitative estimate of drug-likeness (QED) is 0.848. The molecule has 0 unspecified atom stereocenters. The van der Waals surface area contributed by atoms with Crippen LogP contribution in [0, 0.1) is 0 Å². The van der Waals surface area contributed by atoms with Gasteiger partial charge < -0.3 is 0 Å². The van der Waals surface area contributed by atoms with Crippen LogP contribution in [0.5, 0.6) is 0 Å². The molecule has 2 aliphatic rings. The molecule has 1 saturated heterocycles. The van der Waals surface area contributed by atoms with E-state index >= 15 is 0 Å². The molecule has 2 fully saturated rings. The van der Waals surface area contributed by atoms with E-state index in [-0.39, 0.29) is 10.8 Å². The predicted octanol–water partition coefficient (Wildman–Crippen LogP) is 2.52. The first-order valence-electron chi connectivity index (χ1n) is 8.53. The van der Waals surface area contributed by atoms with Crippen molar-refractivity contribution < 1.29 is 13.2 Å². The van der Waals surface area contributed by atoms with Gasteiger partial charge in [-0.3, -0.25) is 4.79 Å². The lowest BCUT2D eigenvalue weighted by molar-refractivity contribution is 0.0954. The number of nitrogens with zero attached hydrogens (tertiary/aromatic N) is 2. The van der Waals surface area contributed by atoms with Crippen molar-refractivity contribution in [2.45, 2.75) is 49.8 Å². The molecule has 130 valence electrons. The van der Waals surface area contributed by atoms with Crippen LogP contribution in [0.15, 0.2) is 34.3 Å². The van der Waals surface area contributed by atoms with Crippen LogP contribution >= 0.6 is 0 Å². The second kappa shape index (κ2) is 7.44. The number of hydrazone groups is 1. The Morgan fingerprint density at radius 1 is 1.04 bits per heavy atom. The van der Waals surface area contributed by atoms with E-state index in [0.717, 1.165) is 44.2 Å². The minimum Gasteiger partial charge on any atom is -0.267 e. The topological polar surface area (TPSA) is 78.8 Å². The molecule has 1 aliphatic heterocycles. The van der Waals surface area contributed by atoms with Crippen molar-refractivity contribution in [2.75, 3.05) is 13.1 Å². The number of carbonyl (C=O) groups is 1. The predicted molar refractivity (Wildman–Crippen MR) is 92.4 cm³/mol. The van der Waals surface area contributed by atoms with E-state index in [1.165, 1.54) is 22.9 Å². The fraction of sp³-hybridized carbons (Fsp3) is 0.529. The van der Waals surface area contributed by atoms with Crippen LogP contribution in [-0.2, 0) is 10.0 Å². The van der Waals surface area contributed by atoms with Crippen molar-refractivity contribution in [2.24, 2.45) is 5.10 Å². The van der Waals surface area contributed by atoms with E-state index in [9.17, 15) is 13.2 Å². The number of hydrogen-bond donors (Lipinski definition) is 1. The summed E-state index contributed by atoms with van der Waals surface area (Å²) < 4.78 is 26.6. The molecular formula is C17H23N3O3S. The van der Waals surface area contributed by atoms with Gasteiger partial charge in [-0.1, -0.05) is 12.5 Å². The SMILES string of the molecule is O=C(NN=C1CCCCC1)c1cccc(S(=O)(=O)N2CCCC2)c1. The highest BCUT2D eigenvalue weighted by molar-refractivity contribution is 7.89. The van der Waals surface area contributed by atoms with Crippen LogP contribution in [0.25, 0.3) is 0 Å². The summed E-state index contributed by atoms with van der Waals surface area (Å²) >= 11 is 0. The molecule has 0 atom stereocenters. The standard InChI is InChI=1S/C17H23N3O3S/c21-17(19-18-15-8-2-1-3-9-15)14-7-6-10-16(13-14)24(22,23)20-11-4-5-12-20/h6-7,10,13H,1-5,8-9,11-12H2,(H,19,21). The number of rotatable bonds is 4. The molecule has 1 aromatic carbocycles. The summed E-state index contributed by atoms with van der Waals surface area (Å²) in [5.41, 5.74) is 3.88. The third kappa shape index (κ3) is 3.84. The van der Waals surface area contributed by atoms with E-state index in [2.05, 4.69) is 10.5 Å². The van der Waals surface area contributed by atoms with Crippen molar-refractivity contribution >= 4 is 21.6 Å². The van der Waals surface area contributed by atoms with Crippen LogP contribution in [0.2, 0.25) is 0 Å². The molecule has 1 saturated carbocycles. The number of hydrogen-bond acceptors (Lipinski definition) is 4. The minimum absolute atomic E-state index is 0.169. The maximum Gasteiger partial charge on any atom is 0.271 e. The van der Waals surface area contributed by atoms with E-state index in [1.807, 2.05) is 0 Å². The Balaban J connectivity index is 1.73. The van der Waals surface area contributed by atoms with Gasteiger partial charge in [-0.25, -0.2) is 13.8 Å². The zero-order chi connectivity index (χ0) is 17.0. The molecule has 0 radical (unpaired) electrons. The molecule has 0 aromatic heterocycles. The smallest absolute Gasteiger partial charge is 0.267 e. The maximum absolute atomic E-state index is 12.6. The van der Waals surface area contributed by atoms with Crippen LogP contribution in [0.1, 0.15) is 55.3 Å². The largest absolute Gasteiger partial charge is 0.271 e. The monoisotopic (exact) mass is 349 g/mol. The van der Waals surface area contributed by atoms with Crippen molar-refractivity contribution in [3.05, 3.63) is 29.8 Å². The van der Waals surface area contributed by atoms with Gasteiger partial charge in [-0.2, -0.15) is 9.41 Å². The van der Waals surface area contributed by atoms with Crippen molar-refractivity contribution in [1.82, 2.24) is 9.73 Å². The van der Waals surface area contributed by atoms with E-state index in [1.54, 1.807) is 12.1 Å². The first-order valence-corrected chi connectivity index (χ1v) is 9.97. The molecule has 1 aliphatic carbocycles. The molecule has 1 aromatic rings. The van der Waals surface area contributed by atoms with Crippen molar-refractivity contribution in [3.8, 4) is 0 Å². The zero-order valence-electron chi connectivity index (χ0n) is 13.7. The first kappa shape index (κ1) is 17.1.